The molecule has 7 heteroatoms. The first kappa shape index (κ1) is 14.5. The highest BCUT2D eigenvalue weighted by atomic mass is 35.5. The Morgan fingerprint density at radius 1 is 1.40 bits per heavy atom. The van der Waals surface area contributed by atoms with Crippen molar-refractivity contribution < 1.29 is 23.8 Å². The molecule has 0 N–H and O–H groups in total. The van der Waals surface area contributed by atoms with Crippen LogP contribution in [0.4, 0.5) is 0 Å². The number of hydrogen-bond donors (Lipinski definition) is 0. The molecule has 0 radical (unpaired) electrons. The lowest BCUT2D eigenvalue weighted by Crippen LogP contribution is -2.33. The van der Waals surface area contributed by atoms with Crippen LogP contribution in [0.25, 0.3) is 0 Å². The van der Waals surface area contributed by atoms with Gasteiger partial charge in [-0.05, 0) is 19.1 Å². The van der Waals surface area contributed by atoms with Gasteiger partial charge in [-0.1, -0.05) is 11.6 Å². The lowest BCUT2D eigenvalue weighted by molar-refractivity contribution is -0.143. The van der Waals surface area contributed by atoms with Gasteiger partial charge in [0, 0.05) is 12.6 Å². The van der Waals surface area contributed by atoms with Crippen molar-refractivity contribution in [3.63, 3.8) is 0 Å². The zero-order valence-electron chi connectivity index (χ0n) is 11.1. The van der Waals surface area contributed by atoms with E-state index in [1.807, 2.05) is 0 Å². The van der Waals surface area contributed by atoms with Crippen LogP contribution in [0.5, 0.6) is 11.5 Å². The van der Waals surface area contributed by atoms with E-state index in [0.29, 0.717) is 22.1 Å². The van der Waals surface area contributed by atoms with Gasteiger partial charge >= 0.3 is 5.97 Å². The Balaban J connectivity index is 2.13. The molecule has 6 nitrogen and oxygen atoms in total. The Bertz CT molecular complexity index is 546. The molecule has 1 heterocycles. The summed E-state index contributed by atoms with van der Waals surface area (Å²) in [5.74, 6) is 0.0371. The van der Waals surface area contributed by atoms with Crippen molar-refractivity contribution in [2.24, 2.45) is 0 Å². The first-order chi connectivity index (χ1) is 9.52. The number of halogens is 1. The van der Waals surface area contributed by atoms with Gasteiger partial charge in [0.1, 0.15) is 6.54 Å². The van der Waals surface area contributed by atoms with Crippen molar-refractivity contribution in [2.75, 3.05) is 27.0 Å². The molecule has 0 fully saturated rings. The maximum Gasteiger partial charge on any atom is 0.325 e. The number of carbonyl (C=O) groups excluding carboxylic acids is 2. The third-order valence-electron chi connectivity index (χ3n) is 2.69. The van der Waals surface area contributed by atoms with Crippen molar-refractivity contribution in [2.45, 2.75) is 6.92 Å². The maximum absolute atomic E-state index is 12.2. The normalized spacial score (nSPS) is 12.2. The predicted octanol–water partition coefficient (Wildman–Crippen LogP) is 1.70. The molecule has 0 unspecified atom stereocenters. The lowest BCUT2D eigenvalue weighted by atomic mass is 10.1. The largest absolute Gasteiger partial charge is 0.465 e. The molecule has 0 aliphatic carbocycles. The molecule has 1 amide bonds. The molecule has 0 saturated carbocycles. The van der Waals surface area contributed by atoms with Crippen molar-refractivity contribution in [3.8, 4) is 11.5 Å². The molecule has 0 atom stereocenters. The Kier molecular flexibility index (Phi) is 4.34. The molecule has 1 aromatic carbocycles. The average molecular weight is 300 g/mol. The van der Waals surface area contributed by atoms with Crippen LogP contribution in [0.2, 0.25) is 5.02 Å². The van der Waals surface area contributed by atoms with Crippen LogP contribution >= 0.6 is 11.6 Å². The number of fused-ring (bicyclic) bond motifs is 1. The topological polar surface area (TPSA) is 65.1 Å². The lowest BCUT2D eigenvalue weighted by Gasteiger charge is -2.16. The van der Waals surface area contributed by atoms with Gasteiger partial charge in [0.25, 0.3) is 5.91 Å². The molecule has 1 aliphatic heterocycles. The Hall–Kier alpha value is -1.95. The third-order valence-corrected chi connectivity index (χ3v) is 2.97. The van der Waals surface area contributed by atoms with Crippen LogP contribution in [0.15, 0.2) is 12.1 Å². The van der Waals surface area contributed by atoms with Crippen molar-refractivity contribution >= 4 is 23.5 Å². The molecule has 108 valence electrons. The van der Waals surface area contributed by atoms with E-state index in [-0.39, 0.29) is 25.9 Å². The van der Waals surface area contributed by atoms with Gasteiger partial charge in [-0.25, -0.2) is 0 Å². The van der Waals surface area contributed by atoms with E-state index in [2.05, 4.69) is 0 Å². The minimum Gasteiger partial charge on any atom is -0.465 e. The molecule has 2 rings (SSSR count). The van der Waals surface area contributed by atoms with Gasteiger partial charge in [-0.3, -0.25) is 9.59 Å². The second-order valence-electron chi connectivity index (χ2n) is 4.16. The van der Waals surface area contributed by atoms with E-state index in [0.717, 1.165) is 0 Å². The summed E-state index contributed by atoms with van der Waals surface area (Å²) in [6.45, 7) is 1.93. The maximum atomic E-state index is 12.2. The van der Waals surface area contributed by atoms with E-state index in [4.69, 9.17) is 25.8 Å². The smallest absolute Gasteiger partial charge is 0.325 e. The van der Waals surface area contributed by atoms with Crippen LogP contribution in [-0.4, -0.2) is 43.8 Å². The predicted molar refractivity (Wildman–Crippen MR) is 71.2 cm³/mol. The second-order valence-corrected chi connectivity index (χ2v) is 4.57. The van der Waals surface area contributed by atoms with Gasteiger partial charge in [0.2, 0.25) is 6.79 Å². The standard InChI is InChI=1S/C13H14ClNO5/c1-3-18-11(16)6-15(2)13(17)8-4-9(14)12-10(5-8)19-7-20-12/h4-5H,3,6-7H2,1-2H3. The number of rotatable bonds is 4. The SMILES string of the molecule is CCOC(=O)CN(C)C(=O)c1cc(Cl)c2c(c1)OCO2. The summed E-state index contributed by atoms with van der Waals surface area (Å²) in [5.41, 5.74) is 0.325. The van der Waals surface area contributed by atoms with E-state index in [1.165, 1.54) is 24.1 Å². The highest BCUT2D eigenvalue weighted by molar-refractivity contribution is 6.32. The molecule has 1 aromatic rings. The molecule has 0 bridgehead atoms. The fourth-order valence-electron chi connectivity index (χ4n) is 1.78. The minimum atomic E-state index is -0.463. The summed E-state index contributed by atoms with van der Waals surface area (Å²) >= 11 is 6.01. The zero-order chi connectivity index (χ0) is 14.7. The van der Waals surface area contributed by atoms with Crippen molar-refractivity contribution in [1.82, 2.24) is 4.90 Å². The number of likely N-dealkylation sites (N-methyl/N-ethyl adjacent to an activating group) is 1. The fourth-order valence-corrected chi connectivity index (χ4v) is 2.05. The van der Waals surface area contributed by atoms with Gasteiger partial charge in [0.15, 0.2) is 11.5 Å². The number of ether oxygens (including phenoxy) is 3. The quantitative estimate of drug-likeness (QED) is 0.792. The number of hydrogen-bond acceptors (Lipinski definition) is 5. The second kappa shape index (κ2) is 6.00. The van der Waals surface area contributed by atoms with Crippen LogP contribution in [0.1, 0.15) is 17.3 Å². The Morgan fingerprint density at radius 2 is 2.15 bits per heavy atom. The Morgan fingerprint density at radius 3 is 2.85 bits per heavy atom. The summed E-state index contributed by atoms with van der Waals surface area (Å²) in [4.78, 5) is 24.8. The molecule has 1 aliphatic rings. The van der Waals surface area contributed by atoms with Crippen LogP contribution < -0.4 is 9.47 Å². The number of esters is 1. The monoisotopic (exact) mass is 299 g/mol. The highest BCUT2D eigenvalue weighted by Crippen LogP contribution is 2.39. The number of carbonyl (C=O) groups is 2. The molecule has 0 saturated heterocycles. The first-order valence-corrected chi connectivity index (χ1v) is 6.41. The summed E-state index contributed by atoms with van der Waals surface area (Å²) in [6, 6.07) is 3.03. The number of nitrogens with zero attached hydrogens (tertiary/aromatic N) is 1. The molecule has 0 spiro atoms. The van der Waals surface area contributed by atoms with Crippen LogP contribution in [-0.2, 0) is 9.53 Å². The fraction of sp³-hybridized carbons (Fsp3) is 0.385. The first-order valence-electron chi connectivity index (χ1n) is 6.03. The summed E-state index contributed by atoms with van der Waals surface area (Å²) in [7, 11) is 1.51. The van der Waals surface area contributed by atoms with Crippen molar-refractivity contribution in [3.05, 3.63) is 22.7 Å². The minimum absolute atomic E-state index is 0.0748. The van der Waals surface area contributed by atoms with Gasteiger partial charge in [-0.15, -0.1) is 0 Å². The van der Waals surface area contributed by atoms with Crippen LogP contribution in [0, 0.1) is 0 Å². The van der Waals surface area contributed by atoms with E-state index in [1.54, 1.807) is 6.92 Å². The van der Waals surface area contributed by atoms with Crippen molar-refractivity contribution in [1.29, 1.82) is 0 Å². The average Bonchev–Trinajstić information content (AvgIpc) is 2.86. The highest BCUT2D eigenvalue weighted by Gasteiger charge is 2.23. The van der Waals surface area contributed by atoms with Gasteiger partial charge < -0.3 is 19.1 Å². The van der Waals surface area contributed by atoms with E-state index in [9.17, 15) is 9.59 Å². The number of amides is 1. The van der Waals surface area contributed by atoms with E-state index >= 15 is 0 Å². The van der Waals surface area contributed by atoms with Crippen LogP contribution in [0.3, 0.4) is 0 Å². The molecule has 20 heavy (non-hydrogen) atoms. The summed E-state index contributed by atoms with van der Waals surface area (Å²) in [5, 5.41) is 0.299. The summed E-state index contributed by atoms with van der Waals surface area (Å²) < 4.78 is 15.2. The third kappa shape index (κ3) is 2.96. The zero-order valence-corrected chi connectivity index (χ0v) is 11.9. The number of benzene rings is 1. The summed E-state index contributed by atoms with van der Waals surface area (Å²) in [6.07, 6.45) is 0. The Labute approximate surface area is 121 Å². The molecule has 0 aromatic heterocycles. The van der Waals surface area contributed by atoms with Gasteiger partial charge in [0.05, 0.1) is 11.6 Å². The molecular formula is C13H14ClNO5. The van der Waals surface area contributed by atoms with E-state index < -0.39 is 5.97 Å². The molecular weight excluding hydrogens is 286 g/mol. The van der Waals surface area contributed by atoms with Gasteiger partial charge in [-0.2, -0.15) is 0 Å².